The SMILES string of the molecule is Cc1cc(=O)oc2cc(OCC(=O)N(C)Cc3ccccc3Cl)ccc12. The summed E-state index contributed by atoms with van der Waals surface area (Å²) in [5, 5.41) is 1.45. The van der Waals surface area contributed by atoms with E-state index in [2.05, 4.69) is 0 Å². The minimum atomic E-state index is -0.414. The number of amides is 1. The zero-order valence-electron chi connectivity index (χ0n) is 14.5. The van der Waals surface area contributed by atoms with Crippen molar-refractivity contribution in [2.75, 3.05) is 13.7 Å². The Morgan fingerprint density at radius 3 is 2.73 bits per heavy atom. The fourth-order valence-corrected chi connectivity index (χ4v) is 2.82. The highest BCUT2D eigenvalue weighted by Gasteiger charge is 2.12. The van der Waals surface area contributed by atoms with Crippen LogP contribution in [0.1, 0.15) is 11.1 Å². The molecule has 0 radical (unpaired) electrons. The number of halogens is 1. The summed E-state index contributed by atoms with van der Waals surface area (Å²) < 4.78 is 10.7. The first-order valence-electron chi connectivity index (χ1n) is 8.09. The number of hydrogen-bond acceptors (Lipinski definition) is 4. The van der Waals surface area contributed by atoms with E-state index in [9.17, 15) is 9.59 Å². The second kappa shape index (κ2) is 7.62. The fourth-order valence-electron chi connectivity index (χ4n) is 2.62. The van der Waals surface area contributed by atoms with Crippen LogP contribution in [0.5, 0.6) is 5.75 Å². The van der Waals surface area contributed by atoms with E-state index in [0.717, 1.165) is 16.5 Å². The van der Waals surface area contributed by atoms with Crippen LogP contribution in [0.15, 0.2) is 57.7 Å². The van der Waals surface area contributed by atoms with E-state index >= 15 is 0 Å². The average molecular weight is 372 g/mol. The molecule has 0 aliphatic carbocycles. The summed E-state index contributed by atoms with van der Waals surface area (Å²) in [6.45, 7) is 2.11. The summed E-state index contributed by atoms with van der Waals surface area (Å²) in [6.07, 6.45) is 0. The van der Waals surface area contributed by atoms with E-state index in [1.807, 2.05) is 25.1 Å². The molecule has 0 spiro atoms. The monoisotopic (exact) mass is 371 g/mol. The number of likely N-dealkylation sites (N-methyl/N-ethyl adjacent to an activating group) is 1. The van der Waals surface area contributed by atoms with Gasteiger partial charge in [0.2, 0.25) is 0 Å². The van der Waals surface area contributed by atoms with Gasteiger partial charge in [0.05, 0.1) is 0 Å². The molecule has 0 unspecified atom stereocenters. The van der Waals surface area contributed by atoms with Crippen LogP contribution >= 0.6 is 11.6 Å². The molecule has 0 bridgehead atoms. The molecule has 0 aliphatic heterocycles. The van der Waals surface area contributed by atoms with E-state index in [0.29, 0.717) is 22.9 Å². The van der Waals surface area contributed by atoms with E-state index in [-0.39, 0.29) is 12.5 Å². The predicted molar refractivity (Wildman–Crippen MR) is 101 cm³/mol. The van der Waals surface area contributed by atoms with Gasteiger partial charge >= 0.3 is 5.63 Å². The normalized spacial score (nSPS) is 10.7. The molecule has 0 N–H and O–H groups in total. The Hall–Kier alpha value is -2.79. The predicted octanol–water partition coefficient (Wildman–Crippen LogP) is 3.79. The highest BCUT2D eigenvalue weighted by molar-refractivity contribution is 6.31. The smallest absolute Gasteiger partial charge is 0.336 e. The maximum absolute atomic E-state index is 12.3. The summed E-state index contributed by atoms with van der Waals surface area (Å²) in [5.74, 6) is 0.279. The van der Waals surface area contributed by atoms with Crippen LogP contribution in [0.2, 0.25) is 5.02 Å². The molecule has 0 saturated heterocycles. The Morgan fingerprint density at radius 2 is 1.96 bits per heavy atom. The Morgan fingerprint density at radius 1 is 1.19 bits per heavy atom. The molecule has 1 heterocycles. The number of nitrogens with zero attached hydrogens (tertiary/aromatic N) is 1. The van der Waals surface area contributed by atoms with Gasteiger partial charge in [-0.1, -0.05) is 29.8 Å². The van der Waals surface area contributed by atoms with E-state index in [1.165, 1.54) is 6.07 Å². The number of benzene rings is 2. The molecule has 0 fully saturated rings. The third kappa shape index (κ3) is 4.06. The first kappa shape index (κ1) is 18.0. The van der Waals surface area contributed by atoms with Gasteiger partial charge < -0.3 is 14.1 Å². The molecule has 5 nitrogen and oxygen atoms in total. The fraction of sp³-hybridized carbons (Fsp3) is 0.200. The Kier molecular flexibility index (Phi) is 5.28. The summed E-state index contributed by atoms with van der Waals surface area (Å²) in [7, 11) is 1.69. The number of rotatable bonds is 5. The molecule has 134 valence electrons. The van der Waals surface area contributed by atoms with Crippen molar-refractivity contribution in [3.8, 4) is 5.75 Å². The van der Waals surface area contributed by atoms with Crippen LogP contribution in [0, 0.1) is 6.92 Å². The third-order valence-corrected chi connectivity index (χ3v) is 4.44. The zero-order valence-corrected chi connectivity index (χ0v) is 15.2. The Labute approximate surface area is 155 Å². The molecule has 6 heteroatoms. The second-order valence-electron chi connectivity index (χ2n) is 6.04. The van der Waals surface area contributed by atoms with Gasteiger partial charge in [0.15, 0.2) is 6.61 Å². The van der Waals surface area contributed by atoms with E-state index in [4.69, 9.17) is 20.8 Å². The molecule has 1 aromatic heterocycles. The van der Waals surface area contributed by atoms with E-state index < -0.39 is 5.63 Å². The maximum atomic E-state index is 12.3. The van der Waals surface area contributed by atoms with Crippen molar-refractivity contribution in [3.05, 3.63) is 75.1 Å². The Bertz CT molecular complexity index is 1010. The van der Waals surface area contributed by atoms with Gasteiger partial charge in [0, 0.05) is 36.1 Å². The van der Waals surface area contributed by atoms with Crippen LogP contribution in [0.4, 0.5) is 0 Å². The summed E-state index contributed by atoms with van der Waals surface area (Å²) in [4.78, 5) is 25.3. The molecule has 3 rings (SSSR count). The van der Waals surface area contributed by atoms with Crippen LogP contribution < -0.4 is 10.4 Å². The van der Waals surface area contributed by atoms with Crippen molar-refractivity contribution in [2.45, 2.75) is 13.5 Å². The first-order valence-corrected chi connectivity index (χ1v) is 8.46. The van der Waals surface area contributed by atoms with Gasteiger partial charge in [-0.2, -0.15) is 0 Å². The Balaban J connectivity index is 1.66. The maximum Gasteiger partial charge on any atom is 0.336 e. The minimum absolute atomic E-state index is 0.123. The van der Waals surface area contributed by atoms with Gasteiger partial charge in [-0.15, -0.1) is 0 Å². The first-order chi connectivity index (χ1) is 12.4. The lowest BCUT2D eigenvalue weighted by molar-refractivity contribution is -0.132. The van der Waals surface area contributed by atoms with Gasteiger partial charge in [0.1, 0.15) is 11.3 Å². The number of carbonyl (C=O) groups is 1. The topological polar surface area (TPSA) is 59.8 Å². The molecular weight excluding hydrogens is 354 g/mol. The molecule has 0 atom stereocenters. The lowest BCUT2D eigenvalue weighted by atomic mass is 10.1. The van der Waals surface area contributed by atoms with Crippen LogP contribution in [-0.2, 0) is 11.3 Å². The van der Waals surface area contributed by atoms with Crippen molar-refractivity contribution in [2.24, 2.45) is 0 Å². The van der Waals surface area contributed by atoms with E-state index in [1.54, 1.807) is 36.2 Å². The number of hydrogen-bond donors (Lipinski definition) is 0. The molecular formula is C20H18ClNO4. The molecule has 0 saturated carbocycles. The molecule has 3 aromatic rings. The molecule has 0 aliphatic rings. The number of carbonyl (C=O) groups excluding carboxylic acids is 1. The average Bonchev–Trinajstić information content (AvgIpc) is 2.61. The zero-order chi connectivity index (χ0) is 18.7. The quantitative estimate of drug-likeness (QED) is 0.640. The van der Waals surface area contributed by atoms with Crippen molar-refractivity contribution < 1.29 is 13.9 Å². The van der Waals surface area contributed by atoms with Crippen molar-refractivity contribution >= 4 is 28.5 Å². The molecule has 1 amide bonds. The third-order valence-electron chi connectivity index (χ3n) is 4.08. The molecule has 2 aromatic carbocycles. The minimum Gasteiger partial charge on any atom is -0.484 e. The highest BCUT2D eigenvalue weighted by Crippen LogP contribution is 2.22. The standard InChI is InChI=1S/C20H18ClNO4/c1-13-9-20(24)26-18-10-15(7-8-16(13)18)25-12-19(23)22(2)11-14-5-3-4-6-17(14)21/h3-10H,11-12H2,1-2H3. The number of aryl methyl sites for hydroxylation is 1. The largest absolute Gasteiger partial charge is 0.484 e. The van der Waals surface area contributed by atoms with Crippen molar-refractivity contribution in [3.63, 3.8) is 0 Å². The van der Waals surface area contributed by atoms with Crippen LogP contribution in [-0.4, -0.2) is 24.5 Å². The van der Waals surface area contributed by atoms with Gasteiger partial charge in [0.25, 0.3) is 5.91 Å². The second-order valence-corrected chi connectivity index (χ2v) is 6.44. The lowest BCUT2D eigenvalue weighted by Gasteiger charge is -2.18. The number of ether oxygens (including phenoxy) is 1. The van der Waals surface area contributed by atoms with Crippen LogP contribution in [0.3, 0.4) is 0 Å². The van der Waals surface area contributed by atoms with Gasteiger partial charge in [-0.05, 0) is 36.2 Å². The van der Waals surface area contributed by atoms with Crippen LogP contribution in [0.25, 0.3) is 11.0 Å². The van der Waals surface area contributed by atoms with Gasteiger partial charge in [-0.3, -0.25) is 4.79 Å². The van der Waals surface area contributed by atoms with Gasteiger partial charge in [-0.25, -0.2) is 4.79 Å². The molecule has 26 heavy (non-hydrogen) atoms. The van der Waals surface area contributed by atoms with Crippen molar-refractivity contribution in [1.82, 2.24) is 4.90 Å². The summed E-state index contributed by atoms with van der Waals surface area (Å²) in [6, 6.07) is 14.0. The highest BCUT2D eigenvalue weighted by atomic mass is 35.5. The number of fused-ring (bicyclic) bond motifs is 1. The van der Waals surface area contributed by atoms with Crippen molar-refractivity contribution in [1.29, 1.82) is 0 Å². The summed E-state index contributed by atoms with van der Waals surface area (Å²) >= 11 is 6.12. The lowest BCUT2D eigenvalue weighted by Crippen LogP contribution is -2.31. The summed E-state index contributed by atoms with van der Waals surface area (Å²) in [5.41, 5.74) is 1.72.